The summed E-state index contributed by atoms with van der Waals surface area (Å²) in [4.78, 5) is 14.1. The fourth-order valence-electron chi connectivity index (χ4n) is 1.78. The Kier molecular flexibility index (Phi) is 2.40. The van der Waals surface area contributed by atoms with Gasteiger partial charge in [-0.25, -0.2) is 4.98 Å². The highest BCUT2D eigenvalue weighted by Gasteiger charge is 2.36. The molecule has 1 aromatic rings. The lowest BCUT2D eigenvalue weighted by Crippen LogP contribution is -2.25. The lowest BCUT2D eigenvalue weighted by molar-refractivity contribution is -0.142. The van der Waals surface area contributed by atoms with Crippen LogP contribution in [0.5, 0.6) is 0 Å². The molecule has 1 aromatic heterocycles. The summed E-state index contributed by atoms with van der Waals surface area (Å²) in [5.41, 5.74) is -0.950. The smallest absolute Gasteiger partial charge is 0.434 e. The number of aromatic nitrogens is 2. The number of carboxylic acids is 1. The van der Waals surface area contributed by atoms with Gasteiger partial charge in [0.1, 0.15) is 5.82 Å². The zero-order chi connectivity index (χ0) is 11.9. The van der Waals surface area contributed by atoms with Crippen molar-refractivity contribution in [3.8, 4) is 0 Å². The largest absolute Gasteiger partial charge is 0.481 e. The summed E-state index contributed by atoms with van der Waals surface area (Å²) in [6.45, 7) is 0.273. The van der Waals surface area contributed by atoms with Crippen LogP contribution in [0, 0.1) is 5.92 Å². The van der Waals surface area contributed by atoms with Gasteiger partial charge in [-0.15, -0.1) is 0 Å². The fraction of sp³-hybridized carbons (Fsp3) is 0.556. The monoisotopic (exact) mass is 234 g/mol. The number of fused-ring (bicyclic) bond motifs is 1. The predicted molar refractivity (Wildman–Crippen MR) is 46.7 cm³/mol. The number of alkyl halides is 3. The third-order valence-electron chi connectivity index (χ3n) is 2.65. The van der Waals surface area contributed by atoms with Crippen molar-refractivity contribution in [1.82, 2.24) is 9.55 Å². The molecule has 1 N–H and O–H groups in total. The Morgan fingerprint density at radius 2 is 2.25 bits per heavy atom. The molecule has 0 bridgehead atoms. The average molecular weight is 234 g/mol. The highest BCUT2D eigenvalue weighted by molar-refractivity contribution is 5.70. The van der Waals surface area contributed by atoms with Crippen molar-refractivity contribution in [1.29, 1.82) is 0 Å². The van der Waals surface area contributed by atoms with E-state index < -0.39 is 23.8 Å². The molecule has 0 aromatic carbocycles. The van der Waals surface area contributed by atoms with E-state index in [4.69, 9.17) is 5.11 Å². The first kappa shape index (κ1) is 11.0. The van der Waals surface area contributed by atoms with Crippen LogP contribution < -0.4 is 0 Å². The molecule has 0 aliphatic carbocycles. The number of nitrogens with zero attached hydrogens (tertiary/aromatic N) is 2. The molecule has 2 rings (SSSR count). The normalized spacial score (nSPS) is 20.6. The Balaban J connectivity index is 2.27. The molecule has 88 valence electrons. The molecule has 1 aliphatic rings. The first-order chi connectivity index (χ1) is 7.38. The number of hydrogen-bond acceptors (Lipinski definition) is 2. The van der Waals surface area contributed by atoms with Gasteiger partial charge in [0, 0.05) is 19.2 Å². The first-order valence-electron chi connectivity index (χ1n) is 4.74. The number of rotatable bonds is 1. The summed E-state index contributed by atoms with van der Waals surface area (Å²) in [7, 11) is 0. The minimum atomic E-state index is -4.47. The van der Waals surface area contributed by atoms with E-state index in [2.05, 4.69) is 4.98 Å². The summed E-state index contributed by atoms with van der Waals surface area (Å²) in [5.74, 6) is -1.41. The molecule has 1 unspecified atom stereocenters. The van der Waals surface area contributed by atoms with E-state index in [0.717, 1.165) is 6.20 Å². The molecule has 0 amide bonds. The second kappa shape index (κ2) is 3.50. The fourth-order valence-corrected chi connectivity index (χ4v) is 1.78. The molecular weight excluding hydrogens is 225 g/mol. The van der Waals surface area contributed by atoms with Crippen molar-refractivity contribution in [3.05, 3.63) is 17.7 Å². The van der Waals surface area contributed by atoms with Crippen molar-refractivity contribution < 1.29 is 23.1 Å². The Labute approximate surface area is 88.7 Å². The highest BCUT2D eigenvalue weighted by Crippen LogP contribution is 2.30. The van der Waals surface area contributed by atoms with E-state index in [9.17, 15) is 18.0 Å². The molecule has 7 heteroatoms. The summed E-state index contributed by atoms with van der Waals surface area (Å²) in [5, 5.41) is 8.77. The van der Waals surface area contributed by atoms with Gasteiger partial charge in [-0.1, -0.05) is 0 Å². The molecule has 0 spiro atoms. The Morgan fingerprint density at radius 1 is 1.56 bits per heavy atom. The summed E-state index contributed by atoms with van der Waals surface area (Å²) >= 11 is 0. The van der Waals surface area contributed by atoms with E-state index in [1.165, 1.54) is 4.57 Å². The Hall–Kier alpha value is -1.53. The van der Waals surface area contributed by atoms with Crippen molar-refractivity contribution in [2.24, 2.45) is 5.92 Å². The van der Waals surface area contributed by atoms with E-state index >= 15 is 0 Å². The zero-order valence-corrected chi connectivity index (χ0v) is 8.16. The second-order valence-corrected chi connectivity index (χ2v) is 3.76. The van der Waals surface area contributed by atoms with Gasteiger partial charge in [-0.05, 0) is 6.42 Å². The third-order valence-corrected chi connectivity index (χ3v) is 2.65. The van der Waals surface area contributed by atoms with E-state index in [0.29, 0.717) is 6.42 Å². The summed E-state index contributed by atoms with van der Waals surface area (Å²) in [6.07, 6.45) is -3.13. The lowest BCUT2D eigenvalue weighted by Gasteiger charge is -2.19. The Bertz CT molecular complexity index is 425. The van der Waals surface area contributed by atoms with Crippen LogP contribution in [0.2, 0.25) is 0 Å². The summed E-state index contributed by atoms with van der Waals surface area (Å²) < 4.78 is 38.4. The van der Waals surface area contributed by atoms with Gasteiger partial charge in [-0.2, -0.15) is 13.2 Å². The maximum atomic E-state index is 12.3. The minimum Gasteiger partial charge on any atom is -0.481 e. The molecule has 1 atom stereocenters. The van der Waals surface area contributed by atoms with Crippen LogP contribution in [0.4, 0.5) is 13.2 Å². The SMILES string of the molecule is O=C(O)C1CCn2cc(C(F)(F)F)nc2C1. The van der Waals surface area contributed by atoms with Crippen LogP contribution in [0.3, 0.4) is 0 Å². The molecule has 0 fully saturated rings. The van der Waals surface area contributed by atoms with Gasteiger partial charge in [0.05, 0.1) is 5.92 Å². The Morgan fingerprint density at radius 3 is 2.81 bits per heavy atom. The first-order valence-corrected chi connectivity index (χ1v) is 4.74. The maximum Gasteiger partial charge on any atom is 0.434 e. The molecule has 4 nitrogen and oxygen atoms in total. The standard InChI is InChI=1S/C9H9F3N2O2/c10-9(11,12)6-4-14-2-1-5(8(15)16)3-7(14)13-6/h4-5H,1-3H2,(H,15,16). The van der Waals surface area contributed by atoms with Crippen molar-refractivity contribution >= 4 is 5.97 Å². The van der Waals surface area contributed by atoms with Crippen molar-refractivity contribution in [2.45, 2.75) is 25.6 Å². The topological polar surface area (TPSA) is 55.1 Å². The van der Waals surface area contributed by atoms with Gasteiger partial charge in [-0.3, -0.25) is 4.79 Å². The number of halogens is 3. The van der Waals surface area contributed by atoms with Crippen LogP contribution in [-0.4, -0.2) is 20.6 Å². The van der Waals surface area contributed by atoms with Gasteiger partial charge < -0.3 is 9.67 Å². The number of carbonyl (C=O) groups is 1. The number of aryl methyl sites for hydroxylation is 1. The van der Waals surface area contributed by atoms with Crippen molar-refractivity contribution in [3.63, 3.8) is 0 Å². The minimum absolute atomic E-state index is 0.0609. The van der Waals surface area contributed by atoms with Crippen molar-refractivity contribution in [2.75, 3.05) is 0 Å². The number of aliphatic carboxylic acids is 1. The van der Waals surface area contributed by atoms with Gasteiger partial charge >= 0.3 is 12.1 Å². The van der Waals surface area contributed by atoms with Crippen LogP contribution in [0.25, 0.3) is 0 Å². The maximum absolute atomic E-state index is 12.3. The number of hydrogen-bond donors (Lipinski definition) is 1. The number of imidazole rings is 1. The molecule has 1 aliphatic heterocycles. The third kappa shape index (κ3) is 1.89. The lowest BCUT2D eigenvalue weighted by atomic mass is 9.98. The van der Waals surface area contributed by atoms with E-state index in [1.807, 2.05) is 0 Å². The van der Waals surface area contributed by atoms with Gasteiger partial charge in [0.2, 0.25) is 0 Å². The van der Waals surface area contributed by atoms with Crippen LogP contribution in [-0.2, 0) is 23.9 Å². The molecule has 16 heavy (non-hydrogen) atoms. The molecule has 0 saturated heterocycles. The number of carboxylic acid groups (broad SMARTS) is 1. The average Bonchev–Trinajstić information content (AvgIpc) is 2.58. The molecule has 0 saturated carbocycles. The second-order valence-electron chi connectivity index (χ2n) is 3.76. The summed E-state index contributed by atoms with van der Waals surface area (Å²) in [6, 6.07) is 0. The van der Waals surface area contributed by atoms with Gasteiger partial charge in [0.25, 0.3) is 0 Å². The van der Waals surface area contributed by atoms with E-state index in [-0.39, 0.29) is 18.8 Å². The van der Waals surface area contributed by atoms with Crippen LogP contribution in [0.15, 0.2) is 6.20 Å². The molecule has 0 radical (unpaired) electrons. The quantitative estimate of drug-likeness (QED) is 0.802. The van der Waals surface area contributed by atoms with Crippen LogP contribution >= 0.6 is 0 Å². The predicted octanol–water partition coefficient (Wildman–Crippen LogP) is 1.55. The highest BCUT2D eigenvalue weighted by atomic mass is 19.4. The zero-order valence-electron chi connectivity index (χ0n) is 8.16. The van der Waals surface area contributed by atoms with Gasteiger partial charge in [0.15, 0.2) is 5.69 Å². The molecule has 2 heterocycles. The molecular formula is C9H9F3N2O2. The van der Waals surface area contributed by atoms with Crippen LogP contribution in [0.1, 0.15) is 17.9 Å². The van der Waals surface area contributed by atoms with E-state index in [1.54, 1.807) is 0 Å².